The number of halogens is 2. The van der Waals surface area contributed by atoms with Crippen molar-refractivity contribution >= 4 is 71.0 Å². The second-order valence-electron chi connectivity index (χ2n) is 10.1. The van der Waals surface area contributed by atoms with Crippen LogP contribution < -0.4 is 17.0 Å². The molecule has 0 saturated carbocycles. The van der Waals surface area contributed by atoms with Crippen molar-refractivity contribution in [2.24, 2.45) is 0 Å². The summed E-state index contributed by atoms with van der Waals surface area (Å²) in [6, 6.07) is 1.48. The third-order valence-electron chi connectivity index (χ3n) is 7.21. The van der Waals surface area contributed by atoms with E-state index in [1.165, 1.54) is 12.3 Å². The van der Waals surface area contributed by atoms with Crippen molar-refractivity contribution in [1.29, 1.82) is 0 Å². The molecular formula is C20H22F2N10O9P2S2. The Hall–Kier alpha value is -2.66. The quantitative estimate of drug-likeness (QED) is 0.169. The second kappa shape index (κ2) is 11.2. The number of nitrogens with two attached hydrogens (primary N) is 2. The van der Waals surface area contributed by atoms with Crippen LogP contribution in [0.25, 0.3) is 22.3 Å². The number of ether oxygens (including phenoxy) is 2. The Balaban J connectivity index is 1.21. The number of hydrogen-bond donors (Lipinski definition) is 5. The number of pyridine rings is 1. The number of anilines is 2. The van der Waals surface area contributed by atoms with Crippen LogP contribution in [0.1, 0.15) is 12.5 Å². The van der Waals surface area contributed by atoms with E-state index in [1.54, 1.807) is 0 Å². The fourth-order valence-electron chi connectivity index (χ4n) is 5.18. The number of aromatic amines is 1. The molecule has 242 valence electrons. The molecule has 4 aromatic heterocycles. The van der Waals surface area contributed by atoms with Gasteiger partial charge in [0.2, 0.25) is 5.95 Å². The molecule has 3 aliphatic heterocycles. The summed E-state index contributed by atoms with van der Waals surface area (Å²) in [7, 11) is 0. The van der Waals surface area contributed by atoms with E-state index >= 15 is 8.78 Å². The first-order chi connectivity index (χ1) is 21.3. The highest BCUT2D eigenvalue weighted by molar-refractivity contribution is 8.07. The zero-order chi connectivity index (χ0) is 31.8. The lowest BCUT2D eigenvalue weighted by Gasteiger charge is -2.27. The number of rotatable bonds is 2. The van der Waals surface area contributed by atoms with Gasteiger partial charge in [0.15, 0.2) is 47.1 Å². The first kappa shape index (κ1) is 31.0. The maximum absolute atomic E-state index is 16.0. The fourth-order valence-corrected chi connectivity index (χ4v) is 8.03. The number of nitrogens with zero attached hydrogens (tertiary/aromatic N) is 7. The SMILES string of the molecule is Nc1nc2c(ncn2[C@@H]2O[C@@H]3COP(O)(=S)O[C@H]4[C@H](F)[C@H](n5nnc6c(N)ccnc65)O[C@@H]4COP(O)(=S)O[C@@H]2[C@@H]3F)c(=O)[nH]1. The summed E-state index contributed by atoms with van der Waals surface area (Å²) in [5.74, 6) is -0.258. The van der Waals surface area contributed by atoms with Crippen LogP contribution in [-0.4, -0.2) is 99.3 Å². The van der Waals surface area contributed by atoms with Crippen LogP contribution in [0.15, 0.2) is 23.4 Å². The molecule has 0 aromatic carbocycles. The molecule has 3 fully saturated rings. The molecule has 10 atom stereocenters. The normalized spacial score (nSPS) is 37.7. The van der Waals surface area contributed by atoms with Gasteiger partial charge in [-0.15, -0.1) is 5.10 Å². The van der Waals surface area contributed by atoms with Crippen LogP contribution in [0, 0.1) is 0 Å². The number of hydrogen-bond acceptors (Lipinski definition) is 16. The topological polar surface area (TPSA) is 255 Å². The highest BCUT2D eigenvalue weighted by Crippen LogP contribution is 2.54. The molecular weight excluding hydrogens is 688 g/mol. The second-order valence-corrected chi connectivity index (χ2v) is 15.7. The summed E-state index contributed by atoms with van der Waals surface area (Å²) in [5.41, 5.74) is 11.2. The molecule has 19 nitrogen and oxygen atoms in total. The summed E-state index contributed by atoms with van der Waals surface area (Å²) in [6.45, 7) is -10.1. The standard InChI is InChI=1S/C20H22F2N10O9P2S2/c21-9-7-3-36-42(34,44)40-13-8(39-18(10(13)22)32-15-11(29-30-32)6(23)1-2-25-15)4-37-43(35,45)41-14(9)19(38-7)31-5-26-12-16(31)27-20(24)28-17(12)33/h1-2,5,7-10,13-14,18-19H,3-4H2,(H2,23,25)(H,34,44)(H,35,45)(H3,24,27,28,33)/t7-,8-,9-,10+,13-,14-,18-,19-,42?,43?/m1/s1. The lowest BCUT2D eigenvalue weighted by molar-refractivity contribution is -0.0617. The van der Waals surface area contributed by atoms with Crippen molar-refractivity contribution in [3.05, 3.63) is 28.9 Å². The van der Waals surface area contributed by atoms with Gasteiger partial charge in [0.1, 0.15) is 24.4 Å². The summed E-state index contributed by atoms with van der Waals surface area (Å²) in [6.07, 6.45) is -10.9. The Kier molecular flexibility index (Phi) is 7.74. The number of imidazole rings is 1. The number of nitrogens with one attached hydrogen (secondary N) is 1. The molecule has 2 bridgehead atoms. The molecule has 7 heterocycles. The van der Waals surface area contributed by atoms with Gasteiger partial charge in [0.25, 0.3) is 5.56 Å². The summed E-state index contributed by atoms with van der Waals surface area (Å²) in [5, 5.41) is 7.82. The van der Waals surface area contributed by atoms with Crippen molar-refractivity contribution in [2.75, 3.05) is 24.7 Å². The maximum Gasteiger partial charge on any atom is 0.325 e. The summed E-state index contributed by atoms with van der Waals surface area (Å²) in [4.78, 5) is 48.6. The molecule has 7 rings (SSSR count). The zero-order valence-electron chi connectivity index (χ0n) is 22.3. The Bertz CT molecular complexity index is 1950. The smallest absolute Gasteiger partial charge is 0.325 e. The number of H-pyrrole nitrogens is 1. The molecule has 3 saturated heterocycles. The van der Waals surface area contributed by atoms with Crippen molar-refractivity contribution < 1.29 is 46.1 Å². The number of fused-ring (bicyclic) bond motifs is 5. The van der Waals surface area contributed by atoms with E-state index in [0.29, 0.717) is 0 Å². The van der Waals surface area contributed by atoms with Crippen LogP contribution in [0.4, 0.5) is 20.4 Å². The fraction of sp³-hybridized carbons (Fsp3) is 0.500. The average Bonchev–Trinajstić information content (AvgIpc) is 3.72. The molecule has 0 spiro atoms. The minimum Gasteiger partial charge on any atom is -0.397 e. The van der Waals surface area contributed by atoms with E-state index in [1.807, 2.05) is 0 Å². The monoisotopic (exact) mass is 710 g/mol. The molecule has 7 N–H and O–H groups in total. The van der Waals surface area contributed by atoms with Gasteiger partial charge in [-0.3, -0.25) is 23.4 Å². The van der Waals surface area contributed by atoms with E-state index in [-0.39, 0.29) is 34.0 Å². The highest BCUT2D eigenvalue weighted by atomic mass is 32.5. The Labute approximate surface area is 259 Å². The Morgan fingerprint density at radius 1 is 0.956 bits per heavy atom. The van der Waals surface area contributed by atoms with Crippen LogP contribution in [0.5, 0.6) is 0 Å². The van der Waals surface area contributed by atoms with Crippen molar-refractivity contribution in [1.82, 2.24) is 39.5 Å². The van der Waals surface area contributed by atoms with Gasteiger partial charge < -0.3 is 39.8 Å². The summed E-state index contributed by atoms with van der Waals surface area (Å²) < 4.78 is 67.6. The number of alkyl halides is 2. The van der Waals surface area contributed by atoms with Gasteiger partial charge in [-0.25, -0.2) is 18.7 Å². The third kappa shape index (κ3) is 5.55. The van der Waals surface area contributed by atoms with Gasteiger partial charge in [-0.2, -0.15) is 9.67 Å². The Morgan fingerprint density at radius 3 is 2.40 bits per heavy atom. The van der Waals surface area contributed by atoms with Gasteiger partial charge in [0.05, 0.1) is 25.2 Å². The zero-order valence-corrected chi connectivity index (χ0v) is 25.7. The first-order valence-corrected chi connectivity index (χ1v) is 18.1. The lowest BCUT2D eigenvalue weighted by atomic mass is 10.1. The summed E-state index contributed by atoms with van der Waals surface area (Å²) >= 11 is 10.3. The van der Waals surface area contributed by atoms with E-state index in [4.69, 9.17) is 62.6 Å². The molecule has 0 aliphatic carbocycles. The van der Waals surface area contributed by atoms with E-state index in [9.17, 15) is 14.6 Å². The molecule has 0 radical (unpaired) electrons. The maximum atomic E-state index is 16.0. The molecule has 4 aromatic rings. The molecule has 25 heteroatoms. The molecule has 2 unspecified atom stereocenters. The molecule has 0 amide bonds. The van der Waals surface area contributed by atoms with Crippen LogP contribution in [-0.2, 0) is 51.2 Å². The predicted molar refractivity (Wildman–Crippen MR) is 155 cm³/mol. The van der Waals surface area contributed by atoms with Crippen molar-refractivity contribution in [2.45, 2.75) is 49.2 Å². The van der Waals surface area contributed by atoms with Crippen molar-refractivity contribution in [3.8, 4) is 0 Å². The minimum atomic E-state index is -4.36. The number of aromatic nitrogens is 8. The van der Waals surface area contributed by atoms with E-state index < -0.39 is 81.4 Å². The minimum absolute atomic E-state index is 0.0895. The van der Waals surface area contributed by atoms with Gasteiger partial charge in [-0.05, 0) is 29.7 Å². The van der Waals surface area contributed by atoms with Crippen LogP contribution in [0.2, 0.25) is 0 Å². The van der Waals surface area contributed by atoms with Crippen LogP contribution >= 0.6 is 13.4 Å². The highest BCUT2D eigenvalue weighted by Gasteiger charge is 2.54. The first-order valence-electron chi connectivity index (χ1n) is 12.9. The van der Waals surface area contributed by atoms with E-state index in [0.717, 1.165) is 15.6 Å². The largest absolute Gasteiger partial charge is 0.397 e. The molecule has 3 aliphatic rings. The lowest BCUT2D eigenvalue weighted by Crippen LogP contribution is -2.34. The van der Waals surface area contributed by atoms with Gasteiger partial charge in [0, 0.05) is 6.20 Å². The van der Waals surface area contributed by atoms with Crippen molar-refractivity contribution in [3.63, 3.8) is 0 Å². The third-order valence-corrected chi connectivity index (χ3v) is 10.3. The van der Waals surface area contributed by atoms with Gasteiger partial charge in [-0.1, -0.05) is 5.21 Å². The van der Waals surface area contributed by atoms with Gasteiger partial charge >= 0.3 is 13.4 Å². The van der Waals surface area contributed by atoms with Crippen LogP contribution in [0.3, 0.4) is 0 Å². The average molecular weight is 711 g/mol. The van der Waals surface area contributed by atoms with E-state index in [2.05, 4.69) is 30.2 Å². The Morgan fingerprint density at radius 2 is 1.64 bits per heavy atom. The molecule has 45 heavy (non-hydrogen) atoms. The number of nitrogen functional groups attached to an aromatic ring is 2. The predicted octanol–water partition coefficient (Wildman–Crippen LogP) is -0.154.